The third kappa shape index (κ3) is 4.75. The Balaban J connectivity index is 1.27. The van der Waals surface area contributed by atoms with E-state index in [0.29, 0.717) is 19.6 Å². The van der Waals surface area contributed by atoms with Crippen molar-refractivity contribution in [3.8, 4) is 0 Å². The summed E-state index contributed by atoms with van der Waals surface area (Å²) in [5, 5.41) is 13.1. The van der Waals surface area contributed by atoms with E-state index < -0.39 is 5.97 Å². The first-order valence-electron chi connectivity index (χ1n) is 9.99. The van der Waals surface area contributed by atoms with Crippen LogP contribution in [-0.2, 0) is 13.1 Å². The van der Waals surface area contributed by atoms with E-state index in [0.717, 1.165) is 36.1 Å². The van der Waals surface area contributed by atoms with E-state index in [1.807, 2.05) is 30.5 Å². The van der Waals surface area contributed by atoms with E-state index in [-0.39, 0.29) is 11.6 Å². The van der Waals surface area contributed by atoms with E-state index in [9.17, 15) is 9.59 Å². The monoisotopic (exact) mass is 404 g/mol. The molecule has 1 fully saturated rings. The molecule has 1 saturated heterocycles. The molecule has 0 spiro atoms. The molecule has 1 aliphatic rings. The Hall–Kier alpha value is -3.45. The Morgan fingerprint density at radius 2 is 1.77 bits per heavy atom. The average Bonchev–Trinajstić information content (AvgIpc) is 2.78. The second-order valence-electron chi connectivity index (χ2n) is 7.46. The number of pyridine rings is 1. The Morgan fingerprint density at radius 1 is 0.967 bits per heavy atom. The molecule has 0 bridgehead atoms. The highest BCUT2D eigenvalue weighted by Crippen LogP contribution is 2.15. The number of aromatic nitrogens is 1. The summed E-state index contributed by atoms with van der Waals surface area (Å²) in [6.07, 6.45) is 1.92. The van der Waals surface area contributed by atoms with E-state index in [2.05, 4.69) is 27.3 Å². The van der Waals surface area contributed by atoms with Gasteiger partial charge in [0.05, 0.1) is 11.1 Å². The normalized spacial score (nSPS) is 14.6. The number of nitrogens with zero attached hydrogens (tertiary/aromatic N) is 3. The predicted octanol–water partition coefficient (Wildman–Crippen LogP) is 2.96. The quantitative estimate of drug-likeness (QED) is 0.683. The van der Waals surface area contributed by atoms with Crippen molar-refractivity contribution < 1.29 is 14.7 Å². The lowest BCUT2D eigenvalue weighted by atomic mass is 10.1. The molecule has 2 amide bonds. The minimum absolute atomic E-state index is 0.122. The van der Waals surface area contributed by atoms with Crippen molar-refractivity contribution in [2.45, 2.75) is 13.1 Å². The summed E-state index contributed by atoms with van der Waals surface area (Å²) < 4.78 is 0. The molecule has 1 aliphatic heterocycles. The molecule has 0 unspecified atom stereocenters. The van der Waals surface area contributed by atoms with Gasteiger partial charge in [0.1, 0.15) is 0 Å². The predicted molar refractivity (Wildman–Crippen MR) is 114 cm³/mol. The van der Waals surface area contributed by atoms with Crippen molar-refractivity contribution in [2.24, 2.45) is 0 Å². The topological polar surface area (TPSA) is 85.8 Å². The van der Waals surface area contributed by atoms with Gasteiger partial charge >= 0.3 is 12.0 Å². The minimum Gasteiger partial charge on any atom is -0.478 e. The van der Waals surface area contributed by atoms with E-state index in [1.165, 1.54) is 11.6 Å². The van der Waals surface area contributed by atoms with E-state index in [4.69, 9.17) is 5.11 Å². The third-order valence-corrected chi connectivity index (χ3v) is 5.33. The number of urea groups is 1. The second kappa shape index (κ2) is 8.92. The first-order chi connectivity index (χ1) is 14.6. The summed E-state index contributed by atoms with van der Waals surface area (Å²) in [7, 11) is 0. The first kappa shape index (κ1) is 19.8. The van der Waals surface area contributed by atoms with Gasteiger partial charge in [-0.25, -0.2) is 9.59 Å². The standard InChI is InChI=1S/C23H24N4O3/c28-22(29)20-6-3-4-17(12-20)14-25-23(30)27-10-8-26(9-11-27)16-18-13-19-5-1-2-7-21(19)24-15-18/h1-7,12-13,15H,8-11,14,16H2,(H,25,30)(H,28,29). The molecule has 3 aromatic rings. The molecule has 7 heteroatoms. The molecule has 0 saturated carbocycles. The van der Waals surface area contributed by atoms with Crippen LogP contribution in [0.5, 0.6) is 0 Å². The van der Waals surface area contributed by atoms with E-state index >= 15 is 0 Å². The lowest BCUT2D eigenvalue weighted by Crippen LogP contribution is -2.51. The number of carboxylic acid groups (broad SMARTS) is 1. The summed E-state index contributed by atoms with van der Waals surface area (Å²) in [5.74, 6) is -0.971. The fourth-order valence-corrected chi connectivity index (χ4v) is 3.67. The summed E-state index contributed by atoms with van der Waals surface area (Å²) in [6, 6.07) is 16.7. The van der Waals surface area contributed by atoms with Gasteiger partial charge in [0.25, 0.3) is 0 Å². The molecule has 4 rings (SSSR count). The SMILES string of the molecule is O=C(O)c1cccc(CNC(=O)N2CCN(Cc3cnc4ccccc4c3)CC2)c1. The molecular weight excluding hydrogens is 380 g/mol. The number of carbonyl (C=O) groups excluding carboxylic acids is 1. The Morgan fingerprint density at radius 3 is 2.57 bits per heavy atom. The number of hydrogen-bond acceptors (Lipinski definition) is 4. The van der Waals surface area contributed by atoms with Crippen molar-refractivity contribution in [3.63, 3.8) is 0 Å². The number of benzene rings is 2. The highest BCUT2D eigenvalue weighted by atomic mass is 16.4. The van der Waals surface area contributed by atoms with Gasteiger partial charge in [0.15, 0.2) is 0 Å². The molecule has 30 heavy (non-hydrogen) atoms. The van der Waals surface area contributed by atoms with Crippen LogP contribution in [0.2, 0.25) is 0 Å². The molecule has 0 aliphatic carbocycles. The maximum Gasteiger partial charge on any atom is 0.335 e. The number of amides is 2. The summed E-state index contributed by atoms with van der Waals surface area (Å²) in [6.45, 7) is 4.03. The van der Waals surface area contributed by atoms with Crippen LogP contribution in [0.15, 0.2) is 60.8 Å². The smallest absolute Gasteiger partial charge is 0.335 e. The van der Waals surface area contributed by atoms with Gasteiger partial charge in [0, 0.05) is 50.9 Å². The molecule has 2 heterocycles. The van der Waals surface area contributed by atoms with Crippen molar-refractivity contribution in [3.05, 3.63) is 77.5 Å². The van der Waals surface area contributed by atoms with Crippen LogP contribution in [0.3, 0.4) is 0 Å². The zero-order valence-electron chi connectivity index (χ0n) is 16.6. The molecule has 7 nitrogen and oxygen atoms in total. The van der Waals surface area contributed by atoms with Crippen LogP contribution in [0.1, 0.15) is 21.5 Å². The van der Waals surface area contributed by atoms with Crippen LogP contribution in [0.25, 0.3) is 10.9 Å². The van der Waals surface area contributed by atoms with Gasteiger partial charge in [0.2, 0.25) is 0 Å². The molecule has 2 N–H and O–H groups in total. The van der Waals surface area contributed by atoms with Gasteiger partial charge in [-0.1, -0.05) is 30.3 Å². The third-order valence-electron chi connectivity index (χ3n) is 5.33. The molecule has 2 aromatic carbocycles. The second-order valence-corrected chi connectivity index (χ2v) is 7.46. The lowest BCUT2D eigenvalue weighted by molar-refractivity contribution is 0.0696. The number of carboxylic acids is 1. The zero-order valence-corrected chi connectivity index (χ0v) is 16.6. The van der Waals surface area contributed by atoms with Crippen molar-refractivity contribution in [1.29, 1.82) is 0 Å². The fourth-order valence-electron chi connectivity index (χ4n) is 3.67. The molecule has 1 aromatic heterocycles. The van der Waals surface area contributed by atoms with Gasteiger partial charge in [-0.3, -0.25) is 9.88 Å². The number of nitrogens with one attached hydrogen (secondary N) is 1. The van der Waals surface area contributed by atoms with Crippen LogP contribution < -0.4 is 5.32 Å². The lowest BCUT2D eigenvalue weighted by Gasteiger charge is -2.34. The van der Waals surface area contributed by atoms with Crippen molar-refractivity contribution in [2.75, 3.05) is 26.2 Å². The summed E-state index contributed by atoms with van der Waals surface area (Å²) >= 11 is 0. The maximum absolute atomic E-state index is 12.5. The number of piperazine rings is 1. The number of aromatic carboxylic acids is 1. The van der Waals surface area contributed by atoms with Crippen LogP contribution in [-0.4, -0.2) is 58.1 Å². The summed E-state index contributed by atoms with van der Waals surface area (Å²) in [4.78, 5) is 32.2. The van der Waals surface area contributed by atoms with Crippen molar-refractivity contribution in [1.82, 2.24) is 20.1 Å². The van der Waals surface area contributed by atoms with Gasteiger partial charge in [-0.2, -0.15) is 0 Å². The average molecular weight is 404 g/mol. The first-order valence-corrected chi connectivity index (χ1v) is 9.99. The number of hydrogen-bond donors (Lipinski definition) is 2. The van der Waals surface area contributed by atoms with Crippen LogP contribution in [0, 0.1) is 0 Å². The van der Waals surface area contributed by atoms with E-state index in [1.54, 1.807) is 17.0 Å². The number of fused-ring (bicyclic) bond motifs is 1. The summed E-state index contributed by atoms with van der Waals surface area (Å²) in [5.41, 5.74) is 3.16. The highest BCUT2D eigenvalue weighted by Gasteiger charge is 2.21. The molecule has 0 radical (unpaired) electrons. The fraction of sp³-hybridized carbons (Fsp3) is 0.261. The Labute approximate surface area is 174 Å². The van der Waals surface area contributed by atoms with Crippen LogP contribution >= 0.6 is 0 Å². The zero-order chi connectivity index (χ0) is 20.9. The highest BCUT2D eigenvalue weighted by molar-refractivity contribution is 5.87. The Bertz CT molecular complexity index is 1060. The minimum atomic E-state index is -0.971. The number of rotatable bonds is 5. The maximum atomic E-state index is 12.5. The molecule has 154 valence electrons. The van der Waals surface area contributed by atoms with Gasteiger partial charge in [-0.15, -0.1) is 0 Å². The Kier molecular flexibility index (Phi) is 5.90. The number of para-hydroxylation sites is 1. The molecule has 0 atom stereocenters. The van der Waals surface area contributed by atoms with Gasteiger partial charge in [-0.05, 0) is 35.4 Å². The van der Waals surface area contributed by atoms with Crippen LogP contribution in [0.4, 0.5) is 4.79 Å². The largest absolute Gasteiger partial charge is 0.478 e. The molecular formula is C23H24N4O3. The van der Waals surface area contributed by atoms with Gasteiger partial charge < -0.3 is 15.3 Å². The number of carbonyl (C=O) groups is 2. The van der Waals surface area contributed by atoms with Crippen molar-refractivity contribution >= 4 is 22.9 Å².